The molecular formula is C14H20N6O3S. The fraction of sp³-hybridized carbons (Fsp3) is 0.643. The van der Waals surface area contributed by atoms with E-state index in [9.17, 15) is 9.59 Å². The summed E-state index contributed by atoms with van der Waals surface area (Å²) in [5, 5.41) is 11.7. The van der Waals surface area contributed by atoms with E-state index in [1.54, 1.807) is 27.7 Å². The molecular weight excluding hydrogens is 332 g/mol. The quantitative estimate of drug-likeness (QED) is 0.588. The molecule has 130 valence electrons. The average molecular weight is 352 g/mol. The summed E-state index contributed by atoms with van der Waals surface area (Å²) in [5.41, 5.74) is 6.17. The Morgan fingerprint density at radius 3 is 2.75 bits per heavy atom. The first-order valence-corrected chi connectivity index (χ1v) is 8.62. The second-order valence-electron chi connectivity index (χ2n) is 6.76. The van der Waals surface area contributed by atoms with Gasteiger partial charge in [0.15, 0.2) is 5.82 Å². The van der Waals surface area contributed by atoms with E-state index in [2.05, 4.69) is 15.4 Å². The highest BCUT2D eigenvalue weighted by molar-refractivity contribution is 8.00. The first-order valence-electron chi connectivity index (χ1n) is 7.57. The summed E-state index contributed by atoms with van der Waals surface area (Å²) in [7, 11) is 0. The third-order valence-corrected chi connectivity index (χ3v) is 4.93. The zero-order valence-corrected chi connectivity index (χ0v) is 14.8. The summed E-state index contributed by atoms with van der Waals surface area (Å²) in [5.74, 6) is 0.295. The van der Waals surface area contributed by atoms with Gasteiger partial charge >= 0.3 is 5.97 Å². The van der Waals surface area contributed by atoms with Gasteiger partial charge in [-0.3, -0.25) is 9.69 Å². The largest absolute Gasteiger partial charge is 0.455 e. The van der Waals surface area contributed by atoms with Gasteiger partial charge in [-0.05, 0) is 38.5 Å². The van der Waals surface area contributed by atoms with E-state index < -0.39 is 17.6 Å². The third kappa shape index (κ3) is 3.03. The number of aromatic nitrogens is 4. The van der Waals surface area contributed by atoms with Gasteiger partial charge in [0.2, 0.25) is 5.91 Å². The van der Waals surface area contributed by atoms with Gasteiger partial charge in [0.1, 0.15) is 22.7 Å². The monoisotopic (exact) mass is 352 g/mol. The third-order valence-electron chi connectivity index (χ3n) is 3.57. The van der Waals surface area contributed by atoms with Crippen LogP contribution >= 0.6 is 11.8 Å². The number of hydrogen-bond acceptors (Lipinski definition) is 8. The van der Waals surface area contributed by atoms with Gasteiger partial charge in [-0.25, -0.2) is 4.79 Å². The molecule has 0 saturated carbocycles. The summed E-state index contributed by atoms with van der Waals surface area (Å²) in [6, 6.07) is -0.583. The number of β-lactam (4-membered cyclic amide) rings is 1. The molecule has 10 heteroatoms. The summed E-state index contributed by atoms with van der Waals surface area (Å²) in [6.45, 7) is 7.36. The number of fused-ring (bicyclic) bond motifs is 1. The zero-order chi connectivity index (χ0) is 17.6. The summed E-state index contributed by atoms with van der Waals surface area (Å²) in [4.78, 5) is 27.7. The zero-order valence-electron chi connectivity index (χ0n) is 14.0. The Hall–Kier alpha value is -1.94. The van der Waals surface area contributed by atoms with Crippen molar-refractivity contribution < 1.29 is 14.3 Å². The van der Waals surface area contributed by atoms with Crippen LogP contribution in [-0.2, 0) is 20.9 Å². The Labute approximate surface area is 143 Å². The highest BCUT2D eigenvalue weighted by Crippen LogP contribution is 2.40. The number of carbonyl (C=O) groups is 2. The number of ether oxygens (including phenoxy) is 1. The Kier molecular flexibility index (Phi) is 4.12. The van der Waals surface area contributed by atoms with E-state index in [1.165, 1.54) is 21.5 Å². The number of rotatable bonds is 3. The van der Waals surface area contributed by atoms with Crippen LogP contribution in [-0.4, -0.2) is 59.8 Å². The standard InChI is InChI=1S/C14H20N6O3S/c1-7-16-18-19(17-7)5-8-6-24-12-9(15)11(21)20(12)10(8)13(22)23-14(2,3)4/h9,12H,5-6,15H2,1-4H3/t9?,12-/m1/s1. The average Bonchev–Trinajstić information content (AvgIpc) is 2.89. The summed E-state index contributed by atoms with van der Waals surface area (Å²) in [6.07, 6.45) is 0. The fourth-order valence-electron chi connectivity index (χ4n) is 2.58. The van der Waals surface area contributed by atoms with Gasteiger partial charge in [-0.2, -0.15) is 4.80 Å². The van der Waals surface area contributed by atoms with Crippen LogP contribution in [0.25, 0.3) is 0 Å². The normalized spacial score (nSPS) is 23.9. The molecule has 24 heavy (non-hydrogen) atoms. The van der Waals surface area contributed by atoms with Crippen LogP contribution in [0, 0.1) is 6.92 Å². The van der Waals surface area contributed by atoms with Gasteiger partial charge in [-0.1, -0.05) is 0 Å². The Bertz CT molecular complexity index is 722. The maximum Gasteiger partial charge on any atom is 0.355 e. The topological polar surface area (TPSA) is 116 Å². The van der Waals surface area contributed by atoms with Crippen molar-refractivity contribution in [3.05, 3.63) is 17.1 Å². The van der Waals surface area contributed by atoms with Crippen molar-refractivity contribution in [2.75, 3.05) is 5.75 Å². The van der Waals surface area contributed by atoms with Crippen LogP contribution in [0.3, 0.4) is 0 Å². The molecule has 1 unspecified atom stereocenters. The molecule has 0 spiro atoms. The van der Waals surface area contributed by atoms with Crippen LogP contribution in [0.1, 0.15) is 26.6 Å². The minimum atomic E-state index is -0.659. The molecule has 0 aliphatic carbocycles. The maximum atomic E-state index is 12.7. The fourth-order valence-corrected chi connectivity index (χ4v) is 3.86. The first-order chi connectivity index (χ1) is 11.2. The van der Waals surface area contributed by atoms with Crippen molar-refractivity contribution in [2.24, 2.45) is 5.73 Å². The molecule has 1 fully saturated rings. The van der Waals surface area contributed by atoms with Gasteiger partial charge in [0, 0.05) is 5.75 Å². The van der Waals surface area contributed by atoms with E-state index in [4.69, 9.17) is 10.5 Å². The summed E-state index contributed by atoms with van der Waals surface area (Å²) < 4.78 is 5.48. The van der Waals surface area contributed by atoms with Crippen molar-refractivity contribution >= 4 is 23.6 Å². The van der Waals surface area contributed by atoms with Crippen molar-refractivity contribution in [2.45, 2.75) is 51.3 Å². The number of carbonyl (C=O) groups excluding carboxylic acids is 2. The minimum Gasteiger partial charge on any atom is -0.455 e. The lowest BCUT2D eigenvalue weighted by atomic mass is 10.0. The second kappa shape index (κ2) is 5.85. The van der Waals surface area contributed by atoms with E-state index in [1.807, 2.05) is 0 Å². The Morgan fingerprint density at radius 2 is 2.17 bits per heavy atom. The number of tetrazole rings is 1. The lowest BCUT2D eigenvalue weighted by molar-refractivity contribution is -0.158. The van der Waals surface area contributed by atoms with Gasteiger partial charge in [0.05, 0.1) is 6.54 Å². The predicted molar refractivity (Wildman–Crippen MR) is 86.5 cm³/mol. The minimum absolute atomic E-state index is 0.228. The Balaban J connectivity index is 1.95. The SMILES string of the molecule is Cc1nnn(CC2=C(C(=O)OC(C)(C)C)N3C(=O)C(N)[C@H]3SC2)n1. The molecule has 9 nitrogen and oxygen atoms in total. The Morgan fingerprint density at radius 1 is 1.46 bits per heavy atom. The molecule has 0 radical (unpaired) electrons. The lowest BCUT2D eigenvalue weighted by Crippen LogP contribution is -2.68. The van der Waals surface area contributed by atoms with Crippen LogP contribution in [0.5, 0.6) is 0 Å². The molecule has 1 aromatic heterocycles. The first kappa shape index (κ1) is 16.9. The van der Waals surface area contributed by atoms with Crippen molar-refractivity contribution in [3.8, 4) is 0 Å². The number of nitrogens with zero attached hydrogens (tertiary/aromatic N) is 5. The molecule has 0 aromatic carbocycles. The predicted octanol–water partition coefficient (Wildman–Crippen LogP) is -0.180. The molecule has 2 aliphatic heterocycles. The molecule has 2 aliphatic rings. The molecule has 2 N–H and O–H groups in total. The van der Waals surface area contributed by atoms with E-state index in [0.717, 1.165) is 5.57 Å². The lowest BCUT2D eigenvalue weighted by Gasteiger charge is -2.48. The number of thioether (sulfide) groups is 1. The number of esters is 1. The van der Waals surface area contributed by atoms with Crippen molar-refractivity contribution in [3.63, 3.8) is 0 Å². The number of hydrogen-bond donors (Lipinski definition) is 1. The van der Waals surface area contributed by atoms with Crippen molar-refractivity contribution in [1.82, 2.24) is 25.1 Å². The van der Waals surface area contributed by atoms with Crippen LogP contribution in [0.15, 0.2) is 11.3 Å². The van der Waals surface area contributed by atoms with E-state index >= 15 is 0 Å². The highest BCUT2D eigenvalue weighted by atomic mass is 32.2. The number of nitrogens with two attached hydrogens (primary N) is 1. The van der Waals surface area contributed by atoms with Crippen molar-refractivity contribution in [1.29, 1.82) is 0 Å². The van der Waals surface area contributed by atoms with Crippen LogP contribution in [0.4, 0.5) is 0 Å². The van der Waals surface area contributed by atoms with Crippen LogP contribution < -0.4 is 5.73 Å². The molecule has 1 saturated heterocycles. The molecule has 1 amide bonds. The molecule has 2 atom stereocenters. The maximum absolute atomic E-state index is 12.7. The van der Waals surface area contributed by atoms with Gasteiger partial charge in [-0.15, -0.1) is 22.0 Å². The number of aryl methyl sites for hydroxylation is 1. The summed E-state index contributed by atoms with van der Waals surface area (Å²) >= 11 is 1.52. The van der Waals surface area contributed by atoms with Gasteiger partial charge < -0.3 is 10.5 Å². The smallest absolute Gasteiger partial charge is 0.355 e. The molecule has 3 rings (SSSR count). The molecule has 0 bridgehead atoms. The van der Waals surface area contributed by atoms with E-state index in [-0.39, 0.29) is 23.5 Å². The second-order valence-corrected chi connectivity index (χ2v) is 7.86. The van der Waals surface area contributed by atoms with Crippen LogP contribution in [0.2, 0.25) is 0 Å². The van der Waals surface area contributed by atoms with Gasteiger partial charge in [0.25, 0.3) is 0 Å². The van der Waals surface area contributed by atoms with E-state index in [0.29, 0.717) is 11.6 Å². The highest BCUT2D eigenvalue weighted by Gasteiger charge is 2.52. The molecule has 1 aromatic rings. The molecule has 3 heterocycles. The number of amides is 1.